The van der Waals surface area contributed by atoms with Crippen LogP contribution >= 0.6 is 15.9 Å². The van der Waals surface area contributed by atoms with Crippen LogP contribution in [0.25, 0.3) is 0 Å². The number of aromatic nitrogens is 1. The first-order chi connectivity index (χ1) is 8.75. The Morgan fingerprint density at radius 1 is 1.33 bits per heavy atom. The molecule has 0 saturated heterocycles. The van der Waals surface area contributed by atoms with E-state index in [0.29, 0.717) is 12.5 Å². The molecule has 90 valence electrons. The largest absolute Gasteiger partial charge is 0.472 e. The Morgan fingerprint density at radius 2 is 2.22 bits per heavy atom. The van der Waals surface area contributed by atoms with Crippen LogP contribution in [0.2, 0.25) is 0 Å². The summed E-state index contributed by atoms with van der Waals surface area (Å²) < 4.78 is 6.67. The maximum absolute atomic E-state index is 5.62. The maximum Gasteiger partial charge on any atom is 0.222 e. The third-order valence-corrected chi connectivity index (χ3v) is 3.82. The summed E-state index contributed by atoms with van der Waals surface area (Å²) in [5.41, 5.74) is 4.15. The molecule has 0 atom stereocenters. The maximum atomic E-state index is 5.62. The lowest BCUT2D eigenvalue weighted by atomic mass is 10.2. The van der Waals surface area contributed by atoms with Gasteiger partial charge in [0.15, 0.2) is 0 Å². The minimum absolute atomic E-state index is 0.551. The van der Waals surface area contributed by atoms with Crippen molar-refractivity contribution in [1.29, 1.82) is 0 Å². The van der Waals surface area contributed by atoms with E-state index in [-0.39, 0.29) is 0 Å². The number of halogens is 1. The van der Waals surface area contributed by atoms with Crippen LogP contribution in [0.4, 0.5) is 5.69 Å². The second kappa shape index (κ2) is 4.53. The summed E-state index contributed by atoms with van der Waals surface area (Å²) in [6.07, 6.45) is 3.59. The van der Waals surface area contributed by atoms with Crippen molar-refractivity contribution < 1.29 is 4.74 Å². The van der Waals surface area contributed by atoms with Gasteiger partial charge in [-0.05, 0) is 30.7 Å². The highest BCUT2D eigenvalue weighted by molar-refractivity contribution is 9.10. The first kappa shape index (κ1) is 11.4. The molecule has 2 aromatic rings. The summed E-state index contributed by atoms with van der Waals surface area (Å²) >= 11 is 3.51. The molecule has 4 heteroatoms. The number of hydrogen-bond acceptors (Lipinski definition) is 3. The molecule has 0 fully saturated rings. The molecule has 0 N–H and O–H groups in total. The van der Waals surface area contributed by atoms with E-state index in [9.17, 15) is 0 Å². The van der Waals surface area contributed by atoms with Crippen LogP contribution < -0.4 is 0 Å². The number of hydrogen-bond donors (Lipinski definition) is 0. The van der Waals surface area contributed by atoms with Gasteiger partial charge >= 0.3 is 0 Å². The van der Waals surface area contributed by atoms with Crippen molar-refractivity contribution >= 4 is 27.5 Å². The number of benzene rings is 1. The minimum Gasteiger partial charge on any atom is -0.472 e. The number of aliphatic imine (C=N–C) groups is 1. The smallest absolute Gasteiger partial charge is 0.222 e. The molecule has 3 nitrogen and oxygen atoms in total. The second-order valence-corrected chi connectivity index (χ2v) is 4.98. The monoisotopic (exact) mass is 302 g/mol. The fourth-order valence-corrected chi connectivity index (χ4v) is 2.25. The molecule has 0 aliphatic carbocycles. The molecule has 1 aliphatic rings. The molecular weight excluding hydrogens is 292 g/mol. The molecule has 1 aromatic heterocycles. The number of nitrogens with zero attached hydrogens (tertiary/aromatic N) is 2. The lowest BCUT2D eigenvalue weighted by molar-refractivity contribution is 0.312. The Morgan fingerprint density at radius 3 is 3.11 bits per heavy atom. The Balaban J connectivity index is 2.07. The van der Waals surface area contributed by atoms with Crippen molar-refractivity contribution in [3.63, 3.8) is 0 Å². The molecule has 0 bridgehead atoms. The number of fused-ring (bicyclic) bond motifs is 1. The van der Waals surface area contributed by atoms with Crippen molar-refractivity contribution in [2.75, 3.05) is 0 Å². The normalized spacial score (nSPS) is 15.6. The van der Waals surface area contributed by atoms with E-state index < -0.39 is 0 Å². The molecule has 18 heavy (non-hydrogen) atoms. The fourth-order valence-electron chi connectivity index (χ4n) is 1.89. The van der Waals surface area contributed by atoms with Gasteiger partial charge < -0.3 is 4.74 Å². The Bertz CT molecular complexity index is 637. The van der Waals surface area contributed by atoms with E-state index in [2.05, 4.69) is 25.9 Å². The van der Waals surface area contributed by atoms with E-state index in [1.165, 1.54) is 0 Å². The van der Waals surface area contributed by atoms with Crippen molar-refractivity contribution in [3.05, 3.63) is 57.8 Å². The van der Waals surface area contributed by atoms with Crippen LogP contribution in [0, 0.1) is 6.92 Å². The highest BCUT2D eigenvalue weighted by Crippen LogP contribution is 2.28. The summed E-state index contributed by atoms with van der Waals surface area (Å²) in [6.45, 7) is 2.58. The molecular formula is C14H11BrN2O. The molecule has 0 saturated carbocycles. The molecule has 0 spiro atoms. The van der Waals surface area contributed by atoms with Crippen molar-refractivity contribution in [1.82, 2.24) is 4.98 Å². The Kier molecular flexibility index (Phi) is 2.88. The predicted molar refractivity (Wildman–Crippen MR) is 74.1 cm³/mol. The van der Waals surface area contributed by atoms with Crippen LogP contribution in [0.3, 0.4) is 0 Å². The van der Waals surface area contributed by atoms with Crippen molar-refractivity contribution in [3.8, 4) is 0 Å². The summed E-state index contributed by atoms with van der Waals surface area (Å²) in [4.78, 5) is 8.68. The minimum atomic E-state index is 0.551. The van der Waals surface area contributed by atoms with Crippen LogP contribution in [0.5, 0.6) is 0 Å². The van der Waals surface area contributed by atoms with Crippen LogP contribution in [-0.4, -0.2) is 10.9 Å². The second-order valence-electron chi connectivity index (χ2n) is 4.12. The van der Waals surface area contributed by atoms with Gasteiger partial charge in [-0.1, -0.05) is 22.0 Å². The van der Waals surface area contributed by atoms with Gasteiger partial charge in [0.05, 0.1) is 5.69 Å². The van der Waals surface area contributed by atoms with Crippen molar-refractivity contribution in [2.24, 2.45) is 4.99 Å². The third kappa shape index (κ3) is 1.93. The lowest BCUT2D eigenvalue weighted by Crippen LogP contribution is -1.96. The third-order valence-electron chi connectivity index (χ3n) is 2.96. The molecule has 1 aliphatic heterocycles. The standard InChI is InChI=1S/C14H11BrN2O/c1-9-12(15)3-2-4-13(9)17-14-11-5-6-16-7-10(11)8-18-14/h2-7H,8H2,1H3/b17-14-. The molecule has 0 radical (unpaired) electrons. The van der Waals surface area contributed by atoms with Gasteiger partial charge in [-0.25, -0.2) is 4.99 Å². The topological polar surface area (TPSA) is 34.5 Å². The zero-order chi connectivity index (χ0) is 12.5. The van der Waals surface area contributed by atoms with Crippen LogP contribution in [0.15, 0.2) is 46.1 Å². The zero-order valence-electron chi connectivity index (χ0n) is 9.85. The van der Waals surface area contributed by atoms with Gasteiger partial charge in [0.1, 0.15) is 6.61 Å². The highest BCUT2D eigenvalue weighted by Gasteiger charge is 2.19. The van der Waals surface area contributed by atoms with Gasteiger partial charge in [0.2, 0.25) is 5.90 Å². The van der Waals surface area contributed by atoms with Gasteiger partial charge in [0.25, 0.3) is 0 Å². The summed E-state index contributed by atoms with van der Waals surface area (Å²) in [7, 11) is 0. The van der Waals surface area contributed by atoms with E-state index >= 15 is 0 Å². The lowest BCUT2D eigenvalue weighted by Gasteiger charge is -2.04. The van der Waals surface area contributed by atoms with E-state index in [4.69, 9.17) is 4.74 Å². The average molecular weight is 303 g/mol. The molecule has 3 rings (SSSR count). The predicted octanol–water partition coefficient (Wildman–Crippen LogP) is 3.76. The summed E-state index contributed by atoms with van der Waals surface area (Å²) in [6, 6.07) is 7.90. The molecule has 2 heterocycles. The van der Waals surface area contributed by atoms with E-state index in [1.807, 2.05) is 37.4 Å². The van der Waals surface area contributed by atoms with Crippen LogP contribution in [-0.2, 0) is 11.3 Å². The van der Waals surface area contributed by atoms with Gasteiger partial charge in [-0.15, -0.1) is 0 Å². The molecule has 0 amide bonds. The number of rotatable bonds is 1. The SMILES string of the molecule is Cc1c(Br)cccc1/N=C1\OCc2cnccc21. The number of ether oxygens (including phenoxy) is 1. The fraction of sp³-hybridized carbons (Fsp3) is 0.143. The number of pyridine rings is 1. The molecule has 1 aromatic carbocycles. The average Bonchev–Trinajstić information content (AvgIpc) is 2.79. The zero-order valence-corrected chi connectivity index (χ0v) is 11.4. The first-order valence-electron chi connectivity index (χ1n) is 5.65. The van der Waals surface area contributed by atoms with E-state index in [1.54, 1.807) is 6.20 Å². The highest BCUT2D eigenvalue weighted by atomic mass is 79.9. The quantitative estimate of drug-likeness (QED) is 0.804. The Hall–Kier alpha value is -1.68. The summed E-state index contributed by atoms with van der Waals surface area (Å²) in [5.74, 6) is 0.675. The van der Waals surface area contributed by atoms with Crippen LogP contribution in [0.1, 0.15) is 16.7 Å². The van der Waals surface area contributed by atoms with Gasteiger partial charge in [-0.3, -0.25) is 4.98 Å². The van der Waals surface area contributed by atoms with E-state index in [0.717, 1.165) is 26.9 Å². The van der Waals surface area contributed by atoms with Gasteiger partial charge in [0, 0.05) is 28.0 Å². The first-order valence-corrected chi connectivity index (χ1v) is 6.45. The van der Waals surface area contributed by atoms with Gasteiger partial charge in [-0.2, -0.15) is 0 Å². The van der Waals surface area contributed by atoms with Crippen molar-refractivity contribution in [2.45, 2.75) is 13.5 Å². The molecule has 0 unspecified atom stereocenters. The Labute approximate surface area is 114 Å². The summed E-state index contributed by atoms with van der Waals surface area (Å²) in [5, 5.41) is 0.